The Morgan fingerprint density at radius 1 is 1.22 bits per heavy atom. The molecule has 1 unspecified atom stereocenters. The maximum absolute atomic E-state index is 12.5. The van der Waals surface area contributed by atoms with E-state index in [4.69, 9.17) is 9.15 Å². The van der Waals surface area contributed by atoms with E-state index >= 15 is 0 Å². The lowest BCUT2D eigenvalue weighted by Gasteiger charge is -2.12. The van der Waals surface area contributed by atoms with Gasteiger partial charge in [0.05, 0.1) is 11.7 Å². The minimum atomic E-state index is -0.261. The van der Waals surface area contributed by atoms with Crippen LogP contribution in [-0.4, -0.2) is 15.7 Å². The molecule has 1 aromatic carbocycles. The number of aromatic nitrogens is 2. The van der Waals surface area contributed by atoms with Crippen molar-refractivity contribution >= 4 is 5.91 Å². The summed E-state index contributed by atoms with van der Waals surface area (Å²) in [6.07, 6.45) is 1.91. The second-order valence-corrected chi connectivity index (χ2v) is 6.92. The zero-order chi connectivity index (χ0) is 19.6. The van der Waals surface area contributed by atoms with Gasteiger partial charge in [0, 0.05) is 18.8 Å². The van der Waals surface area contributed by atoms with Crippen LogP contribution < -0.4 is 10.1 Å². The Labute approximate surface area is 159 Å². The zero-order valence-electron chi connectivity index (χ0n) is 16.4. The van der Waals surface area contributed by atoms with Gasteiger partial charge in [-0.25, -0.2) is 0 Å². The number of carbonyl (C=O) groups excluding carboxylic acids is 1. The lowest BCUT2D eigenvalue weighted by Crippen LogP contribution is -2.26. The molecule has 2 heterocycles. The molecule has 0 bridgehead atoms. The highest BCUT2D eigenvalue weighted by molar-refractivity contribution is 5.91. The van der Waals surface area contributed by atoms with Gasteiger partial charge in [-0.2, -0.15) is 5.10 Å². The smallest absolute Gasteiger partial charge is 0.287 e. The van der Waals surface area contributed by atoms with Gasteiger partial charge in [-0.15, -0.1) is 0 Å². The second kappa shape index (κ2) is 7.70. The SMILES string of the molecule is Cc1cc(C)cc(OCc2ccc(C(=O)NC(C)c3cn(C)nc3C)o2)c1. The lowest BCUT2D eigenvalue weighted by atomic mass is 10.1. The molecule has 2 aromatic heterocycles. The van der Waals surface area contributed by atoms with Crippen LogP contribution in [0.25, 0.3) is 0 Å². The number of amides is 1. The molecule has 1 amide bonds. The van der Waals surface area contributed by atoms with Crippen molar-refractivity contribution in [2.45, 2.75) is 40.3 Å². The molecule has 0 fully saturated rings. The average molecular weight is 367 g/mol. The van der Waals surface area contributed by atoms with Gasteiger partial charge in [0.2, 0.25) is 0 Å². The maximum atomic E-state index is 12.5. The second-order valence-electron chi connectivity index (χ2n) is 6.92. The highest BCUT2D eigenvalue weighted by Gasteiger charge is 2.18. The number of aryl methyl sites for hydroxylation is 4. The molecule has 27 heavy (non-hydrogen) atoms. The van der Waals surface area contributed by atoms with Crippen LogP contribution in [0.5, 0.6) is 5.75 Å². The third kappa shape index (κ3) is 4.58. The van der Waals surface area contributed by atoms with E-state index in [1.165, 1.54) is 0 Å². The molecule has 0 aliphatic carbocycles. The highest BCUT2D eigenvalue weighted by Crippen LogP contribution is 2.20. The van der Waals surface area contributed by atoms with Crippen molar-refractivity contribution in [2.75, 3.05) is 0 Å². The first-order valence-corrected chi connectivity index (χ1v) is 8.92. The Morgan fingerprint density at radius 2 is 1.93 bits per heavy atom. The Bertz CT molecular complexity index is 935. The van der Waals surface area contributed by atoms with Crippen LogP contribution in [0.15, 0.2) is 40.9 Å². The van der Waals surface area contributed by atoms with Gasteiger partial charge in [-0.05, 0) is 63.1 Å². The number of carbonyl (C=O) groups is 1. The largest absolute Gasteiger partial charge is 0.486 e. The van der Waals surface area contributed by atoms with Crippen molar-refractivity contribution in [3.63, 3.8) is 0 Å². The first kappa shape index (κ1) is 18.8. The molecule has 142 valence electrons. The molecule has 6 nitrogen and oxygen atoms in total. The molecule has 0 aliphatic rings. The fourth-order valence-electron chi connectivity index (χ4n) is 3.14. The summed E-state index contributed by atoms with van der Waals surface area (Å²) >= 11 is 0. The molecule has 1 N–H and O–H groups in total. The van der Waals surface area contributed by atoms with E-state index in [1.807, 2.05) is 53.1 Å². The molecule has 0 aliphatic heterocycles. The predicted octanol–water partition coefficient (Wildman–Crippen LogP) is 4.01. The third-order valence-electron chi connectivity index (χ3n) is 4.33. The number of hydrogen-bond acceptors (Lipinski definition) is 4. The summed E-state index contributed by atoms with van der Waals surface area (Å²) in [6, 6.07) is 9.30. The van der Waals surface area contributed by atoms with Crippen LogP contribution in [0, 0.1) is 20.8 Å². The van der Waals surface area contributed by atoms with Crippen LogP contribution in [-0.2, 0) is 13.7 Å². The molecule has 0 saturated carbocycles. The molecule has 6 heteroatoms. The van der Waals surface area contributed by atoms with E-state index in [-0.39, 0.29) is 24.3 Å². The average Bonchev–Trinajstić information content (AvgIpc) is 3.18. The quantitative estimate of drug-likeness (QED) is 0.715. The van der Waals surface area contributed by atoms with E-state index in [9.17, 15) is 4.79 Å². The van der Waals surface area contributed by atoms with Crippen LogP contribution in [0.1, 0.15) is 51.7 Å². The van der Waals surface area contributed by atoms with Gasteiger partial charge >= 0.3 is 0 Å². The van der Waals surface area contributed by atoms with Crippen LogP contribution in [0.3, 0.4) is 0 Å². The maximum Gasteiger partial charge on any atom is 0.287 e. The predicted molar refractivity (Wildman–Crippen MR) is 103 cm³/mol. The van der Waals surface area contributed by atoms with Crippen molar-refractivity contribution in [3.05, 3.63) is 70.4 Å². The number of nitrogens with one attached hydrogen (secondary N) is 1. The monoisotopic (exact) mass is 367 g/mol. The van der Waals surface area contributed by atoms with Gasteiger partial charge in [-0.1, -0.05) is 6.07 Å². The van der Waals surface area contributed by atoms with Crippen molar-refractivity contribution in [1.29, 1.82) is 0 Å². The summed E-state index contributed by atoms with van der Waals surface area (Å²) in [5, 5.41) is 7.25. The summed E-state index contributed by atoms with van der Waals surface area (Å²) in [4.78, 5) is 12.5. The van der Waals surface area contributed by atoms with Crippen molar-refractivity contribution in [2.24, 2.45) is 7.05 Å². The number of hydrogen-bond donors (Lipinski definition) is 1. The Morgan fingerprint density at radius 3 is 2.56 bits per heavy atom. The molecule has 1 atom stereocenters. The number of rotatable bonds is 6. The summed E-state index contributed by atoms with van der Waals surface area (Å²) in [5.41, 5.74) is 4.16. The van der Waals surface area contributed by atoms with Crippen molar-refractivity contribution in [1.82, 2.24) is 15.1 Å². The van der Waals surface area contributed by atoms with Crippen LogP contribution in [0.4, 0.5) is 0 Å². The van der Waals surface area contributed by atoms with E-state index < -0.39 is 0 Å². The first-order valence-electron chi connectivity index (χ1n) is 8.92. The Hall–Kier alpha value is -3.02. The summed E-state index contributed by atoms with van der Waals surface area (Å²) in [7, 11) is 1.86. The molecule has 0 saturated heterocycles. The third-order valence-corrected chi connectivity index (χ3v) is 4.33. The normalized spacial score (nSPS) is 12.0. The fourth-order valence-corrected chi connectivity index (χ4v) is 3.14. The minimum absolute atomic E-state index is 0.161. The van der Waals surface area contributed by atoms with E-state index in [2.05, 4.69) is 16.5 Å². The van der Waals surface area contributed by atoms with Gasteiger partial charge in [-0.3, -0.25) is 9.48 Å². The van der Waals surface area contributed by atoms with Crippen LogP contribution >= 0.6 is 0 Å². The molecular weight excluding hydrogens is 342 g/mol. The molecular formula is C21H25N3O3. The van der Waals surface area contributed by atoms with Gasteiger partial charge in [0.1, 0.15) is 18.1 Å². The molecule has 3 aromatic rings. The van der Waals surface area contributed by atoms with E-state index in [1.54, 1.807) is 16.8 Å². The highest BCUT2D eigenvalue weighted by atomic mass is 16.5. The number of ether oxygens (including phenoxy) is 1. The molecule has 0 spiro atoms. The van der Waals surface area contributed by atoms with Crippen LogP contribution in [0.2, 0.25) is 0 Å². The van der Waals surface area contributed by atoms with Crippen molar-refractivity contribution < 1.29 is 13.9 Å². The summed E-state index contributed by atoms with van der Waals surface area (Å²) in [5.74, 6) is 1.39. The summed E-state index contributed by atoms with van der Waals surface area (Å²) < 4.78 is 13.2. The number of benzene rings is 1. The Kier molecular flexibility index (Phi) is 5.35. The van der Waals surface area contributed by atoms with Gasteiger partial charge < -0.3 is 14.5 Å². The van der Waals surface area contributed by atoms with Crippen molar-refractivity contribution in [3.8, 4) is 5.75 Å². The fraction of sp³-hybridized carbons (Fsp3) is 0.333. The van der Waals surface area contributed by atoms with Gasteiger partial charge in [0.25, 0.3) is 5.91 Å². The number of furan rings is 1. The molecule has 3 rings (SSSR count). The summed E-state index contributed by atoms with van der Waals surface area (Å²) in [6.45, 7) is 8.18. The van der Waals surface area contributed by atoms with E-state index in [0.717, 1.165) is 28.1 Å². The lowest BCUT2D eigenvalue weighted by molar-refractivity contribution is 0.0907. The number of nitrogens with zero attached hydrogens (tertiary/aromatic N) is 2. The van der Waals surface area contributed by atoms with E-state index in [0.29, 0.717) is 5.76 Å². The molecule has 0 radical (unpaired) electrons. The first-order chi connectivity index (χ1) is 12.8. The Balaban J connectivity index is 1.61. The minimum Gasteiger partial charge on any atom is -0.486 e. The standard InChI is InChI=1S/C21H25N3O3/c1-13-8-14(2)10-18(9-13)26-12-17-6-7-20(27-17)21(25)22-15(3)19-11-24(5)23-16(19)4/h6-11,15H,12H2,1-5H3,(H,22,25). The van der Waals surface area contributed by atoms with Gasteiger partial charge in [0.15, 0.2) is 5.76 Å². The topological polar surface area (TPSA) is 69.3 Å². The zero-order valence-corrected chi connectivity index (χ0v) is 16.4.